The van der Waals surface area contributed by atoms with Crippen LogP contribution < -0.4 is 4.90 Å². The number of halogens is 2. The SMILES string of the molecule is CC(C)N(Cc1ccccc1)c1cc(Cl)nnc1Cl. The molecule has 0 saturated heterocycles. The fourth-order valence-corrected chi connectivity index (χ4v) is 2.21. The second kappa shape index (κ2) is 6.22. The van der Waals surface area contributed by atoms with Crippen molar-refractivity contribution in [1.82, 2.24) is 10.2 Å². The average Bonchev–Trinajstić information content (AvgIpc) is 2.40. The van der Waals surface area contributed by atoms with E-state index in [0.717, 1.165) is 12.2 Å². The minimum atomic E-state index is 0.276. The number of benzene rings is 1. The van der Waals surface area contributed by atoms with Gasteiger partial charge in [-0.1, -0.05) is 53.5 Å². The van der Waals surface area contributed by atoms with Gasteiger partial charge in [-0.25, -0.2) is 0 Å². The van der Waals surface area contributed by atoms with Crippen molar-refractivity contribution in [2.45, 2.75) is 26.4 Å². The fourth-order valence-electron chi connectivity index (χ4n) is 1.87. The summed E-state index contributed by atoms with van der Waals surface area (Å²) in [7, 11) is 0. The Hall–Kier alpha value is -1.32. The van der Waals surface area contributed by atoms with Crippen molar-refractivity contribution in [2.24, 2.45) is 0 Å². The lowest BCUT2D eigenvalue weighted by molar-refractivity contribution is 0.679. The minimum Gasteiger partial charge on any atom is -0.362 e. The van der Waals surface area contributed by atoms with Crippen LogP contribution in [0.3, 0.4) is 0 Å². The number of rotatable bonds is 4. The molecule has 19 heavy (non-hydrogen) atoms. The van der Waals surface area contributed by atoms with Gasteiger partial charge in [0, 0.05) is 18.7 Å². The van der Waals surface area contributed by atoms with Crippen molar-refractivity contribution in [3.63, 3.8) is 0 Å². The Balaban J connectivity index is 2.32. The van der Waals surface area contributed by atoms with Gasteiger partial charge < -0.3 is 4.90 Å². The Morgan fingerprint density at radius 3 is 2.42 bits per heavy atom. The van der Waals surface area contributed by atoms with Gasteiger partial charge in [0.15, 0.2) is 10.3 Å². The van der Waals surface area contributed by atoms with Crippen LogP contribution >= 0.6 is 23.2 Å². The van der Waals surface area contributed by atoms with Gasteiger partial charge in [0.1, 0.15) is 0 Å². The Kier molecular flexibility index (Phi) is 4.61. The molecule has 0 N–H and O–H groups in total. The standard InChI is InChI=1S/C14H15Cl2N3/c1-10(2)19(9-11-6-4-3-5-7-11)12-8-13(15)17-18-14(12)16/h3-8,10H,9H2,1-2H3. The van der Waals surface area contributed by atoms with Crippen molar-refractivity contribution < 1.29 is 0 Å². The third-order valence-corrected chi connectivity index (χ3v) is 3.28. The van der Waals surface area contributed by atoms with Gasteiger partial charge in [-0.2, -0.15) is 0 Å². The number of nitrogens with zero attached hydrogens (tertiary/aromatic N) is 3. The van der Waals surface area contributed by atoms with Crippen LogP contribution in [0.2, 0.25) is 10.3 Å². The molecule has 0 saturated carbocycles. The van der Waals surface area contributed by atoms with Crippen LogP contribution in [-0.2, 0) is 6.54 Å². The molecular formula is C14H15Cl2N3. The monoisotopic (exact) mass is 295 g/mol. The van der Waals surface area contributed by atoms with Crippen molar-refractivity contribution in [2.75, 3.05) is 4.90 Å². The molecule has 0 spiro atoms. The van der Waals surface area contributed by atoms with Gasteiger partial charge in [0.2, 0.25) is 0 Å². The Labute approximate surface area is 123 Å². The highest BCUT2D eigenvalue weighted by Gasteiger charge is 2.16. The quantitative estimate of drug-likeness (QED) is 0.846. The van der Waals surface area contributed by atoms with Crippen LogP contribution in [0.1, 0.15) is 19.4 Å². The van der Waals surface area contributed by atoms with E-state index in [1.807, 2.05) is 18.2 Å². The molecule has 5 heteroatoms. The maximum absolute atomic E-state index is 6.13. The van der Waals surface area contributed by atoms with E-state index in [-0.39, 0.29) is 6.04 Å². The molecule has 2 aromatic rings. The zero-order chi connectivity index (χ0) is 13.8. The normalized spacial score (nSPS) is 10.8. The highest BCUT2D eigenvalue weighted by atomic mass is 35.5. The summed E-state index contributed by atoms with van der Waals surface area (Å²) in [5.41, 5.74) is 2.01. The zero-order valence-corrected chi connectivity index (χ0v) is 12.4. The molecule has 0 atom stereocenters. The van der Waals surface area contributed by atoms with E-state index >= 15 is 0 Å². The molecule has 1 aromatic carbocycles. The first kappa shape index (κ1) is 14.1. The maximum atomic E-state index is 6.13. The Morgan fingerprint density at radius 2 is 1.79 bits per heavy atom. The average molecular weight is 296 g/mol. The van der Waals surface area contributed by atoms with Crippen LogP contribution in [0.4, 0.5) is 5.69 Å². The molecule has 1 aromatic heterocycles. The molecule has 100 valence electrons. The number of aromatic nitrogens is 2. The van der Waals surface area contributed by atoms with E-state index in [4.69, 9.17) is 23.2 Å². The topological polar surface area (TPSA) is 29.0 Å². The maximum Gasteiger partial charge on any atom is 0.175 e. The Bertz CT molecular complexity index is 544. The highest BCUT2D eigenvalue weighted by Crippen LogP contribution is 2.28. The third-order valence-electron chi connectivity index (χ3n) is 2.83. The molecule has 0 aliphatic rings. The third kappa shape index (κ3) is 3.58. The molecule has 0 bridgehead atoms. The zero-order valence-electron chi connectivity index (χ0n) is 10.8. The van der Waals surface area contributed by atoms with Crippen LogP contribution in [0, 0.1) is 0 Å². The molecule has 0 unspecified atom stereocenters. The van der Waals surface area contributed by atoms with Gasteiger partial charge >= 0.3 is 0 Å². The number of hydrogen-bond donors (Lipinski definition) is 0. The molecule has 0 aliphatic carbocycles. The van der Waals surface area contributed by atoms with Crippen LogP contribution in [0.25, 0.3) is 0 Å². The molecule has 0 aliphatic heterocycles. The summed E-state index contributed by atoms with van der Waals surface area (Å²) in [5.74, 6) is 0. The molecule has 1 heterocycles. The van der Waals surface area contributed by atoms with Gasteiger partial charge in [-0.15, -0.1) is 10.2 Å². The lowest BCUT2D eigenvalue weighted by Gasteiger charge is -2.29. The molecule has 2 rings (SSSR count). The van der Waals surface area contributed by atoms with E-state index < -0.39 is 0 Å². The van der Waals surface area contributed by atoms with Crippen molar-refractivity contribution in [3.8, 4) is 0 Å². The first-order valence-electron chi connectivity index (χ1n) is 6.07. The second-order valence-corrected chi connectivity index (χ2v) is 5.30. The Morgan fingerprint density at radius 1 is 1.11 bits per heavy atom. The summed E-state index contributed by atoms with van der Waals surface area (Å²) in [6.45, 7) is 4.96. The lowest BCUT2D eigenvalue weighted by Crippen LogP contribution is -2.30. The largest absolute Gasteiger partial charge is 0.362 e. The number of anilines is 1. The van der Waals surface area contributed by atoms with E-state index in [0.29, 0.717) is 10.3 Å². The van der Waals surface area contributed by atoms with Crippen LogP contribution in [0.5, 0.6) is 0 Å². The first-order chi connectivity index (χ1) is 9.08. The van der Waals surface area contributed by atoms with Gasteiger partial charge in [0.25, 0.3) is 0 Å². The van der Waals surface area contributed by atoms with Crippen molar-refractivity contribution in [3.05, 3.63) is 52.3 Å². The molecular weight excluding hydrogens is 281 g/mol. The second-order valence-electron chi connectivity index (χ2n) is 4.55. The van der Waals surface area contributed by atoms with Gasteiger partial charge in [-0.05, 0) is 19.4 Å². The van der Waals surface area contributed by atoms with Crippen LogP contribution in [0.15, 0.2) is 36.4 Å². The highest BCUT2D eigenvalue weighted by molar-refractivity contribution is 6.33. The minimum absolute atomic E-state index is 0.276. The lowest BCUT2D eigenvalue weighted by atomic mass is 10.2. The predicted octanol–water partition coefficient (Wildman–Crippen LogP) is 4.20. The smallest absolute Gasteiger partial charge is 0.175 e. The van der Waals surface area contributed by atoms with Crippen LogP contribution in [-0.4, -0.2) is 16.2 Å². The summed E-state index contributed by atoms with van der Waals surface area (Å²) in [4.78, 5) is 2.15. The van der Waals surface area contributed by atoms with Gasteiger partial charge in [-0.3, -0.25) is 0 Å². The summed E-state index contributed by atoms with van der Waals surface area (Å²) in [6.07, 6.45) is 0. The molecule has 0 radical (unpaired) electrons. The summed E-state index contributed by atoms with van der Waals surface area (Å²) >= 11 is 12.0. The summed E-state index contributed by atoms with van der Waals surface area (Å²) in [6, 6.07) is 12.2. The predicted molar refractivity (Wildman–Crippen MR) is 79.8 cm³/mol. The molecule has 0 amide bonds. The molecule has 0 fully saturated rings. The molecule has 3 nitrogen and oxygen atoms in total. The van der Waals surface area contributed by atoms with E-state index in [2.05, 4.69) is 41.1 Å². The van der Waals surface area contributed by atoms with E-state index in [1.54, 1.807) is 6.07 Å². The number of hydrogen-bond acceptors (Lipinski definition) is 3. The van der Waals surface area contributed by atoms with Crippen molar-refractivity contribution in [1.29, 1.82) is 0 Å². The summed E-state index contributed by atoms with van der Waals surface area (Å²) in [5, 5.41) is 8.33. The fraction of sp³-hybridized carbons (Fsp3) is 0.286. The van der Waals surface area contributed by atoms with E-state index in [9.17, 15) is 0 Å². The van der Waals surface area contributed by atoms with Gasteiger partial charge in [0.05, 0.1) is 5.69 Å². The first-order valence-corrected chi connectivity index (χ1v) is 6.83. The van der Waals surface area contributed by atoms with Crippen molar-refractivity contribution >= 4 is 28.9 Å². The summed E-state index contributed by atoms with van der Waals surface area (Å²) < 4.78 is 0. The van der Waals surface area contributed by atoms with E-state index in [1.165, 1.54) is 5.56 Å².